The van der Waals surface area contributed by atoms with Gasteiger partial charge in [0.2, 0.25) is 0 Å². The van der Waals surface area contributed by atoms with E-state index in [1.54, 1.807) is 0 Å². The SMILES string of the molecule is CC1CC(=O)CC2CC[C@@H]3[C@@H](CC[C@@]4(C)[C@H]3CCC4(C)O)[C@@]12C. The van der Waals surface area contributed by atoms with Crippen LogP contribution in [0.15, 0.2) is 0 Å². The molecule has 0 amide bonds. The monoisotopic (exact) mass is 318 g/mol. The van der Waals surface area contributed by atoms with E-state index in [1.165, 1.54) is 32.1 Å². The van der Waals surface area contributed by atoms with Crippen molar-refractivity contribution in [1.29, 1.82) is 0 Å². The molecule has 4 rings (SSSR count). The molecule has 23 heavy (non-hydrogen) atoms. The molecule has 0 spiro atoms. The quantitative estimate of drug-likeness (QED) is 0.709. The average Bonchev–Trinajstić information content (AvgIpc) is 2.71. The van der Waals surface area contributed by atoms with Crippen LogP contribution >= 0.6 is 0 Å². The van der Waals surface area contributed by atoms with Gasteiger partial charge in [0.15, 0.2) is 0 Å². The van der Waals surface area contributed by atoms with Gasteiger partial charge in [0.1, 0.15) is 5.78 Å². The lowest BCUT2D eigenvalue weighted by Gasteiger charge is -2.62. The zero-order valence-corrected chi connectivity index (χ0v) is 15.4. The summed E-state index contributed by atoms with van der Waals surface area (Å²) in [4.78, 5) is 12.1. The molecule has 4 aliphatic rings. The minimum atomic E-state index is -0.478. The molecule has 4 aliphatic carbocycles. The summed E-state index contributed by atoms with van der Waals surface area (Å²) in [5.41, 5.74) is -0.00771. The van der Waals surface area contributed by atoms with Gasteiger partial charge in [0.25, 0.3) is 0 Å². The predicted octanol–water partition coefficient (Wildman–Crippen LogP) is 4.60. The maximum Gasteiger partial charge on any atom is 0.133 e. The first-order chi connectivity index (χ1) is 10.7. The molecule has 0 aromatic carbocycles. The van der Waals surface area contributed by atoms with Gasteiger partial charge in [-0.05, 0) is 85.9 Å². The number of rotatable bonds is 0. The Morgan fingerprint density at radius 3 is 2.39 bits per heavy atom. The van der Waals surface area contributed by atoms with Gasteiger partial charge in [0.05, 0.1) is 5.60 Å². The van der Waals surface area contributed by atoms with Gasteiger partial charge in [-0.3, -0.25) is 4.79 Å². The summed E-state index contributed by atoms with van der Waals surface area (Å²) < 4.78 is 0. The molecule has 130 valence electrons. The van der Waals surface area contributed by atoms with Crippen molar-refractivity contribution in [2.45, 2.75) is 84.7 Å². The third-order valence-electron chi connectivity index (χ3n) is 9.60. The Morgan fingerprint density at radius 1 is 0.957 bits per heavy atom. The summed E-state index contributed by atoms with van der Waals surface area (Å²) in [6.45, 7) is 9.30. The van der Waals surface area contributed by atoms with E-state index in [2.05, 4.69) is 27.7 Å². The number of fused-ring (bicyclic) bond motifs is 5. The highest BCUT2D eigenvalue weighted by Crippen LogP contribution is 2.68. The van der Waals surface area contributed by atoms with E-state index in [0.29, 0.717) is 29.0 Å². The molecule has 0 aromatic heterocycles. The third-order valence-corrected chi connectivity index (χ3v) is 9.60. The molecule has 0 radical (unpaired) electrons. The van der Waals surface area contributed by atoms with Crippen LogP contribution in [0.4, 0.5) is 0 Å². The van der Waals surface area contributed by atoms with Crippen molar-refractivity contribution in [3.8, 4) is 0 Å². The van der Waals surface area contributed by atoms with Crippen molar-refractivity contribution >= 4 is 5.78 Å². The normalized spacial score (nSPS) is 59.2. The Labute approximate surface area is 141 Å². The first kappa shape index (κ1) is 16.1. The topological polar surface area (TPSA) is 37.3 Å². The van der Waals surface area contributed by atoms with Gasteiger partial charge in [-0.1, -0.05) is 20.8 Å². The molecule has 0 heterocycles. The van der Waals surface area contributed by atoms with Gasteiger partial charge in [-0.2, -0.15) is 0 Å². The van der Waals surface area contributed by atoms with E-state index in [-0.39, 0.29) is 5.41 Å². The van der Waals surface area contributed by atoms with Crippen LogP contribution in [0.2, 0.25) is 0 Å². The molecular weight excluding hydrogens is 284 g/mol. The average molecular weight is 319 g/mol. The minimum Gasteiger partial charge on any atom is -0.390 e. The van der Waals surface area contributed by atoms with Crippen LogP contribution in [0.5, 0.6) is 0 Å². The van der Waals surface area contributed by atoms with Gasteiger partial charge in [-0.15, -0.1) is 0 Å². The molecule has 0 aromatic rings. The molecule has 8 atom stereocenters. The molecule has 2 heteroatoms. The number of hydrogen-bond donors (Lipinski definition) is 1. The van der Waals surface area contributed by atoms with E-state index >= 15 is 0 Å². The lowest BCUT2D eigenvalue weighted by molar-refractivity contribution is -0.165. The summed E-state index contributed by atoms with van der Waals surface area (Å²) in [5.74, 6) is 3.90. The Morgan fingerprint density at radius 2 is 1.65 bits per heavy atom. The molecule has 0 bridgehead atoms. The van der Waals surface area contributed by atoms with Crippen molar-refractivity contribution in [3.63, 3.8) is 0 Å². The van der Waals surface area contributed by atoms with Crippen LogP contribution in [0.25, 0.3) is 0 Å². The Kier molecular flexibility index (Phi) is 3.39. The van der Waals surface area contributed by atoms with E-state index in [1.807, 2.05) is 0 Å². The largest absolute Gasteiger partial charge is 0.390 e. The van der Waals surface area contributed by atoms with Crippen molar-refractivity contribution in [3.05, 3.63) is 0 Å². The van der Waals surface area contributed by atoms with E-state index in [4.69, 9.17) is 0 Å². The van der Waals surface area contributed by atoms with Crippen LogP contribution in [-0.2, 0) is 4.79 Å². The Balaban J connectivity index is 1.68. The predicted molar refractivity (Wildman–Crippen MR) is 91.9 cm³/mol. The summed E-state index contributed by atoms with van der Waals surface area (Å²) in [6, 6.07) is 0. The van der Waals surface area contributed by atoms with Crippen LogP contribution in [0, 0.1) is 40.4 Å². The fourth-order valence-corrected chi connectivity index (χ4v) is 7.72. The van der Waals surface area contributed by atoms with Gasteiger partial charge >= 0.3 is 0 Å². The van der Waals surface area contributed by atoms with Crippen molar-refractivity contribution in [2.24, 2.45) is 40.4 Å². The number of carbonyl (C=O) groups excluding carboxylic acids is 1. The molecule has 4 fully saturated rings. The first-order valence-corrected chi connectivity index (χ1v) is 9.94. The minimum absolute atomic E-state index is 0.116. The van der Waals surface area contributed by atoms with Gasteiger partial charge < -0.3 is 5.11 Å². The summed E-state index contributed by atoms with van der Waals surface area (Å²) in [7, 11) is 0. The second-order valence-electron chi connectivity index (χ2n) is 10.1. The highest BCUT2D eigenvalue weighted by Gasteiger charge is 2.64. The van der Waals surface area contributed by atoms with E-state index in [0.717, 1.165) is 31.1 Å². The fourth-order valence-electron chi connectivity index (χ4n) is 7.72. The van der Waals surface area contributed by atoms with Crippen LogP contribution in [0.3, 0.4) is 0 Å². The summed E-state index contributed by atoms with van der Waals surface area (Å²) in [6.07, 6.45) is 8.79. The molecule has 3 unspecified atom stereocenters. The molecule has 0 aliphatic heterocycles. The number of carbonyl (C=O) groups is 1. The van der Waals surface area contributed by atoms with Crippen LogP contribution in [-0.4, -0.2) is 16.5 Å². The Bertz CT molecular complexity index is 524. The van der Waals surface area contributed by atoms with Crippen molar-refractivity contribution in [1.82, 2.24) is 0 Å². The zero-order valence-electron chi connectivity index (χ0n) is 15.4. The molecule has 1 N–H and O–H groups in total. The fraction of sp³-hybridized carbons (Fsp3) is 0.952. The van der Waals surface area contributed by atoms with E-state index in [9.17, 15) is 9.90 Å². The van der Waals surface area contributed by atoms with Gasteiger partial charge in [0, 0.05) is 12.8 Å². The number of hydrogen-bond acceptors (Lipinski definition) is 2. The summed E-state index contributed by atoms with van der Waals surface area (Å²) in [5, 5.41) is 11.0. The molecule has 4 saturated carbocycles. The van der Waals surface area contributed by atoms with Gasteiger partial charge in [-0.25, -0.2) is 0 Å². The standard InChI is InChI=1S/C21H34O2/c1-13-11-15(22)12-14-5-6-16-17-8-10-20(3,23)19(17,2)9-7-18(16)21(13,14)4/h13-14,16-18,23H,5-12H2,1-4H3/t13?,14?,16-,17-,18+,19-,20?,21-/m0/s1. The van der Waals surface area contributed by atoms with Crippen LogP contribution < -0.4 is 0 Å². The lowest BCUT2D eigenvalue weighted by Crippen LogP contribution is -2.58. The van der Waals surface area contributed by atoms with E-state index < -0.39 is 5.60 Å². The van der Waals surface area contributed by atoms with Crippen LogP contribution in [0.1, 0.15) is 79.1 Å². The first-order valence-electron chi connectivity index (χ1n) is 9.94. The smallest absolute Gasteiger partial charge is 0.133 e. The number of aliphatic hydroxyl groups is 1. The Hall–Kier alpha value is -0.370. The number of Topliss-reactive ketones (excluding diaryl/α,β-unsaturated/α-hetero) is 1. The second-order valence-corrected chi connectivity index (χ2v) is 10.1. The van der Waals surface area contributed by atoms with Crippen molar-refractivity contribution < 1.29 is 9.90 Å². The second kappa shape index (κ2) is 4.84. The lowest BCUT2D eigenvalue weighted by atomic mass is 9.42. The third kappa shape index (κ3) is 1.94. The number of ketones is 1. The zero-order chi connectivity index (χ0) is 16.6. The molecule has 0 saturated heterocycles. The molecular formula is C21H34O2. The van der Waals surface area contributed by atoms with Crippen molar-refractivity contribution in [2.75, 3.05) is 0 Å². The summed E-state index contributed by atoms with van der Waals surface area (Å²) >= 11 is 0. The highest BCUT2D eigenvalue weighted by molar-refractivity contribution is 5.80. The maximum atomic E-state index is 12.1. The molecule has 2 nitrogen and oxygen atoms in total. The highest BCUT2D eigenvalue weighted by atomic mass is 16.3. The maximum absolute atomic E-state index is 12.1.